The topological polar surface area (TPSA) is 95.5 Å². The summed E-state index contributed by atoms with van der Waals surface area (Å²) in [7, 11) is 0. The third-order valence-corrected chi connectivity index (χ3v) is 5.47. The minimum Gasteiger partial charge on any atom is -0.480 e. The molecule has 26 heavy (non-hydrogen) atoms. The number of carboxylic acid groups (broad SMARTS) is 1. The molecule has 1 heterocycles. The zero-order valence-corrected chi connectivity index (χ0v) is 15.0. The fraction of sp³-hybridized carbons (Fsp3) is 0.316. The molecule has 2 amide bonds. The Morgan fingerprint density at radius 1 is 1.00 bits per heavy atom. The predicted molar refractivity (Wildman–Crippen MR) is 99.6 cm³/mol. The molecule has 1 fully saturated rings. The molecule has 0 saturated heterocycles. The number of nitrogens with one attached hydrogen (secondary N) is 2. The van der Waals surface area contributed by atoms with Crippen molar-refractivity contribution in [3.63, 3.8) is 0 Å². The Labute approximate surface area is 155 Å². The lowest BCUT2D eigenvalue weighted by Crippen LogP contribution is -2.55. The molecule has 6 nitrogen and oxygen atoms in total. The largest absolute Gasteiger partial charge is 0.480 e. The maximum Gasteiger partial charge on any atom is 0.329 e. The number of carboxylic acids is 1. The van der Waals surface area contributed by atoms with Gasteiger partial charge in [0.25, 0.3) is 11.8 Å². The van der Waals surface area contributed by atoms with E-state index in [9.17, 15) is 19.5 Å². The molecule has 1 saturated carbocycles. The standard InChI is InChI=1S/C19H20N2O4S/c22-16(21-19(18(24)25)9-2-1-3-10-19)13-6-4-7-14(12-13)20-17(23)15-8-5-11-26-15/h4-8,11-12H,1-3,9-10H2,(H,20,23)(H,21,22)(H,24,25). The van der Waals surface area contributed by atoms with Gasteiger partial charge in [-0.05, 0) is 42.5 Å². The maximum atomic E-state index is 12.6. The van der Waals surface area contributed by atoms with Crippen molar-refractivity contribution in [1.29, 1.82) is 0 Å². The molecular weight excluding hydrogens is 352 g/mol. The summed E-state index contributed by atoms with van der Waals surface area (Å²) >= 11 is 1.33. The van der Waals surface area contributed by atoms with E-state index in [1.807, 2.05) is 5.38 Å². The number of hydrogen-bond donors (Lipinski definition) is 3. The van der Waals surface area contributed by atoms with Crippen molar-refractivity contribution in [2.75, 3.05) is 5.32 Å². The zero-order chi connectivity index (χ0) is 18.6. The highest BCUT2D eigenvalue weighted by molar-refractivity contribution is 7.12. The van der Waals surface area contributed by atoms with Crippen molar-refractivity contribution in [3.05, 3.63) is 52.2 Å². The predicted octanol–water partition coefficient (Wildman–Crippen LogP) is 3.52. The molecule has 0 radical (unpaired) electrons. The number of hydrogen-bond acceptors (Lipinski definition) is 4. The molecule has 1 aliphatic carbocycles. The Hall–Kier alpha value is -2.67. The van der Waals surface area contributed by atoms with Crippen LogP contribution in [0.25, 0.3) is 0 Å². The summed E-state index contributed by atoms with van der Waals surface area (Å²) in [6, 6.07) is 10.0. The van der Waals surface area contributed by atoms with Crippen LogP contribution in [0.2, 0.25) is 0 Å². The van der Waals surface area contributed by atoms with Crippen molar-refractivity contribution in [2.45, 2.75) is 37.6 Å². The van der Waals surface area contributed by atoms with Crippen molar-refractivity contribution in [2.24, 2.45) is 0 Å². The highest BCUT2D eigenvalue weighted by Gasteiger charge is 2.41. The van der Waals surface area contributed by atoms with Crippen molar-refractivity contribution in [3.8, 4) is 0 Å². The molecule has 1 aliphatic rings. The Bertz CT molecular complexity index is 811. The Kier molecular flexibility index (Phi) is 5.37. The molecule has 0 unspecified atom stereocenters. The summed E-state index contributed by atoms with van der Waals surface area (Å²) in [6.45, 7) is 0. The molecule has 1 aromatic carbocycles. The molecule has 1 aromatic heterocycles. The van der Waals surface area contributed by atoms with Gasteiger partial charge in [0.05, 0.1) is 4.88 Å². The smallest absolute Gasteiger partial charge is 0.329 e. The molecule has 0 atom stereocenters. The van der Waals surface area contributed by atoms with Gasteiger partial charge in [0.1, 0.15) is 5.54 Å². The van der Waals surface area contributed by atoms with E-state index in [0.717, 1.165) is 19.3 Å². The average Bonchev–Trinajstić information content (AvgIpc) is 3.17. The molecule has 136 valence electrons. The third-order valence-electron chi connectivity index (χ3n) is 4.60. The average molecular weight is 372 g/mol. The monoisotopic (exact) mass is 372 g/mol. The maximum absolute atomic E-state index is 12.6. The first-order valence-electron chi connectivity index (χ1n) is 8.51. The number of carbonyl (C=O) groups excluding carboxylic acids is 2. The summed E-state index contributed by atoms with van der Waals surface area (Å²) < 4.78 is 0. The second kappa shape index (κ2) is 7.70. The van der Waals surface area contributed by atoms with Crippen LogP contribution >= 0.6 is 11.3 Å². The van der Waals surface area contributed by atoms with Crippen LogP contribution in [0.1, 0.15) is 52.1 Å². The number of rotatable bonds is 5. The Morgan fingerprint density at radius 3 is 2.42 bits per heavy atom. The van der Waals surface area contributed by atoms with Crippen molar-refractivity contribution >= 4 is 34.8 Å². The van der Waals surface area contributed by atoms with Crippen LogP contribution in [-0.4, -0.2) is 28.4 Å². The van der Waals surface area contributed by atoms with E-state index in [-0.39, 0.29) is 5.91 Å². The molecule has 2 aromatic rings. The van der Waals surface area contributed by atoms with E-state index in [2.05, 4.69) is 10.6 Å². The lowest BCUT2D eigenvalue weighted by Gasteiger charge is -2.34. The van der Waals surface area contributed by atoms with Crippen LogP contribution in [0.5, 0.6) is 0 Å². The van der Waals surface area contributed by atoms with Gasteiger partial charge in [-0.2, -0.15) is 0 Å². The van der Waals surface area contributed by atoms with Crippen LogP contribution in [0.3, 0.4) is 0 Å². The second-order valence-electron chi connectivity index (χ2n) is 6.41. The second-order valence-corrected chi connectivity index (χ2v) is 7.36. The van der Waals surface area contributed by atoms with Gasteiger partial charge in [-0.25, -0.2) is 4.79 Å². The zero-order valence-electron chi connectivity index (χ0n) is 14.2. The third kappa shape index (κ3) is 3.94. The number of carbonyl (C=O) groups is 3. The molecule has 0 spiro atoms. The lowest BCUT2D eigenvalue weighted by molar-refractivity contribution is -0.145. The van der Waals surface area contributed by atoms with E-state index in [0.29, 0.717) is 29.0 Å². The van der Waals surface area contributed by atoms with Crippen LogP contribution in [-0.2, 0) is 4.79 Å². The van der Waals surface area contributed by atoms with Gasteiger partial charge >= 0.3 is 5.97 Å². The number of anilines is 1. The number of benzene rings is 1. The van der Waals surface area contributed by atoms with E-state index < -0.39 is 17.4 Å². The minimum atomic E-state index is -1.20. The fourth-order valence-electron chi connectivity index (χ4n) is 3.18. The first kappa shape index (κ1) is 18.1. The fourth-order valence-corrected chi connectivity index (χ4v) is 3.79. The lowest BCUT2D eigenvalue weighted by atomic mass is 9.81. The molecule has 0 aliphatic heterocycles. The SMILES string of the molecule is O=C(NC1(C(=O)O)CCCCC1)c1cccc(NC(=O)c2cccs2)c1. The molecular formula is C19H20N2O4S. The van der Waals surface area contributed by atoms with Gasteiger partial charge in [-0.15, -0.1) is 11.3 Å². The van der Waals surface area contributed by atoms with Crippen molar-refractivity contribution < 1.29 is 19.5 Å². The molecule has 0 bridgehead atoms. The first-order chi connectivity index (χ1) is 12.5. The normalized spacial score (nSPS) is 15.8. The van der Waals surface area contributed by atoms with Gasteiger partial charge in [0.2, 0.25) is 0 Å². The van der Waals surface area contributed by atoms with Gasteiger partial charge in [-0.1, -0.05) is 31.4 Å². The van der Waals surface area contributed by atoms with E-state index in [4.69, 9.17) is 0 Å². The van der Waals surface area contributed by atoms with Gasteiger partial charge in [0.15, 0.2) is 0 Å². The van der Waals surface area contributed by atoms with E-state index in [1.165, 1.54) is 11.3 Å². The molecule has 7 heteroatoms. The first-order valence-corrected chi connectivity index (χ1v) is 9.39. The van der Waals surface area contributed by atoms with Gasteiger partial charge in [-0.3, -0.25) is 9.59 Å². The van der Waals surface area contributed by atoms with Gasteiger partial charge in [0, 0.05) is 11.3 Å². The Balaban J connectivity index is 1.73. The minimum absolute atomic E-state index is 0.244. The highest BCUT2D eigenvalue weighted by atomic mass is 32.1. The van der Waals surface area contributed by atoms with Crippen molar-refractivity contribution in [1.82, 2.24) is 5.32 Å². The number of thiophene rings is 1. The molecule has 3 rings (SSSR count). The van der Waals surface area contributed by atoms with Crippen LogP contribution in [0, 0.1) is 0 Å². The van der Waals surface area contributed by atoms with Crippen LogP contribution < -0.4 is 10.6 Å². The Morgan fingerprint density at radius 2 is 1.77 bits per heavy atom. The number of amides is 2. The summed E-state index contributed by atoms with van der Waals surface area (Å²) in [4.78, 5) is 37.0. The molecule has 3 N–H and O–H groups in total. The highest BCUT2D eigenvalue weighted by Crippen LogP contribution is 2.29. The van der Waals surface area contributed by atoms with E-state index in [1.54, 1.807) is 36.4 Å². The quantitative estimate of drug-likeness (QED) is 0.748. The van der Waals surface area contributed by atoms with Crippen LogP contribution in [0.15, 0.2) is 41.8 Å². The summed E-state index contributed by atoms with van der Waals surface area (Å²) in [6.07, 6.45) is 3.41. The summed E-state index contributed by atoms with van der Waals surface area (Å²) in [5, 5.41) is 16.9. The summed E-state index contributed by atoms with van der Waals surface area (Å²) in [5.41, 5.74) is -0.393. The summed E-state index contributed by atoms with van der Waals surface area (Å²) in [5.74, 6) is -1.68. The van der Waals surface area contributed by atoms with E-state index >= 15 is 0 Å². The number of aliphatic carboxylic acids is 1. The van der Waals surface area contributed by atoms with Gasteiger partial charge < -0.3 is 15.7 Å². The van der Waals surface area contributed by atoms with Crippen LogP contribution in [0.4, 0.5) is 5.69 Å².